The second-order valence-corrected chi connectivity index (χ2v) is 5.76. The molecule has 2 aromatic carbocycles. The Kier molecular flexibility index (Phi) is 3.15. The van der Waals surface area contributed by atoms with E-state index in [2.05, 4.69) is 5.10 Å². The number of aromatic nitrogens is 2. The number of hydrogen-bond acceptors (Lipinski definition) is 3. The van der Waals surface area contributed by atoms with Crippen molar-refractivity contribution in [2.24, 2.45) is 0 Å². The van der Waals surface area contributed by atoms with Crippen LogP contribution in [0.3, 0.4) is 0 Å². The first-order valence-corrected chi connectivity index (χ1v) is 7.54. The van der Waals surface area contributed by atoms with E-state index >= 15 is 0 Å². The van der Waals surface area contributed by atoms with Gasteiger partial charge in [0.2, 0.25) is 0 Å². The summed E-state index contributed by atoms with van der Waals surface area (Å²) in [7, 11) is 1.36. The maximum Gasteiger partial charge on any atom is 0.337 e. The number of carbonyl (C=O) groups excluding carboxylic acids is 1. The summed E-state index contributed by atoms with van der Waals surface area (Å²) in [6.07, 6.45) is 2.14. The van der Waals surface area contributed by atoms with Gasteiger partial charge >= 0.3 is 5.97 Å². The molecule has 0 unspecified atom stereocenters. The van der Waals surface area contributed by atoms with Gasteiger partial charge in [-0.05, 0) is 43.2 Å². The van der Waals surface area contributed by atoms with Crippen molar-refractivity contribution in [2.75, 3.05) is 7.11 Å². The molecular formula is C18H15FN2O2. The van der Waals surface area contributed by atoms with Crippen LogP contribution >= 0.6 is 0 Å². The summed E-state index contributed by atoms with van der Waals surface area (Å²) in [6.45, 7) is 0. The van der Waals surface area contributed by atoms with E-state index in [4.69, 9.17) is 4.74 Å². The first-order chi connectivity index (χ1) is 11.2. The third-order valence-corrected chi connectivity index (χ3v) is 4.12. The topological polar surface area (TPSA) is 44.1 Å². The molecule has 0 amide bonds. The minimum absolute atomic E-state index is 0.289. The number of ether oxygens (including phenoxy) is 1. The molecule has 4 rings (SSSR count). The van der Waals surface area contributed by atoms with Crippen molar-refractivity contribution in [3.05, 3.63) is 53.8 Å². The van der Waals surface area contributed by atoms with E-state index in [0.717, 1.165) is 35.0 Å². The van der Waals surface area contributed by atoms with E-state index in [1.54, 1.807) is 18.2 Å². The Morgan fingerprint density at radius 3 is 2.78 bits per heavy atom. The summed E-state index contributed by atoms with van der Waals surface area (Å²) >= 11 is 0. The second-order valence-electron chi connectivity index (χ2n) is 5.76. The third-order valence-electron chi connectivity index (χ3n) is 4.12. The molecule has 0 radical (unpaired) electrons. The van der Waals surface area contributed by atoms with Crippen molar-refractivity contribution in [1.82, 2.24) is 9.78 Å². The maximum atomic E-state index is 13.6. The highest BCUT2D eigenvalue weighted by molar-refractivity contribution is 5.99. The van der Waals surface area contributed by atoms with Crippen LogP contribution < -0.4 is 0 Å². The molecule has 0 spiro atoms. The quantitative estimate of drug-likeness (QED) is 0.688. The standard InChI is InChI=1S/C18H15FN2O2/c1-23-18(22)12-5-8-15-16(10-12)21(14-6-7-14)20-17(15)11-3-2-4-13(19)9-11/h2-5,8-10,14H,6-7H2,1H3. The Morgan fingerprint density at radius 2 is 2.09 bits per heavy atom. The summed E-state index contributed by atoms with van der Waals surface area (Å²) in [5, 5.41) is 5.60. The van der Waals surface area contributed by atoms with Crippen LogP contribution in [0.25, 0.3) is 22.2 Å². The Hall–Kier alpha value is -2.69. The zero-order valence-electron chi connectivity index (χ0n) is 12.6. The van der Waals surface area contributed by atoms with E-state index in [1.165, 1.54) is 19.2 Å². The van der Waals surface area contributed by atoms with Gasteiger partial charge in [0.05, 0.1) is 24.2 Å². The summed E-state index contributed by atoms with van der Waals surface area (Å²) in [6, 6.07) is 12.1. The number of carbonyl (C=O) groups is 1. The Balaban J connectivity index is 1.94. The summed E-state index contributed by atoms with van der Waals surface area (Å²) in [5.74, 6) is -0.662. The highest BCUT2D eigenvalue weighted by atomic mass is 19.1. The van der Waals surface area contributed by atoms with Gasteiger partial charge in [0, 0.05) is 10.9 Å². The van der Waals surface area contributed by atoms with Crippen molar-refractivity contribution >= 4 is 16.9 Å². The van der Waals surface area contributed by atoms with Crippen LogP contribution in [0.5, 0.6) is 0 Å². The molecule has 1 aliphatic carbocycles. The van der Waals surface area contributed by atoms with Crippen LogP contribution in [0, 0.1) is 5.82 Å². The molecule has 5 heteroatoms. The smallest absolute Gasteiger partial charge is 0.337 e. The van der Waals surface area contributed by atoms with Gasteiger partial charge in [-0.15, -0.1) is 0 Å². The van der Waals surface area contributed by atoms with E-state index in [1.807, 2.05) is 16.8 Å². The first kappa shape index (κ1) is 13.9. The molecule has 0 saturated heterocycles. The number of halogens is 1. The molecule has 1 fully saturated rings. The fraction of sp³-hybridized carbons (Fsp3) is 0.222. The van der Waals surface area contributed by atoms with Crippen LogP contribution in [0.4, 0.5) is 4.39 Å². The van der Waals surface area contributed by atoms with Crippen LogP contribution in [0.1, 0.15) is 29.2 Å². The minimum Gasteiger partial charge on any atom is -0.465 e. The highest BCUT2D eigenvalue weighted by Gasteiger charge is 2.28. The average Bonchev–Trinajstić information content (AvgIpc) is 3.34. The van der Waals surface area contributed by atoms with E-state index in [0.29, 0.717) is 11.6 Å². The lowest BCUT2D eigenvalue weighted by Crippen LogP contribution is -2.02. The van der Waals surface area contributed by atoms with Gasteiger partial charge < -0.3 is 4.74 Å². The van der Waals surface area contributed by atoms with E-state index in [9.17, 15) is 9.18 Å². The fourth-order valence-electron chi connectivity index (χ4n) is 2.83. The Bertz CT molecular complexity index is 913. The monoisotopic (exact) mass is 310 g/mol. The number of esters is 1. The third kappa shape index (κ3) is 2.38. The van der Waals surface area contributed by atoms with Crippen molar-refractivity contribution in [3.63, 3.8) is 0 Å². The van der Waals surface area contributed by atoms with Crippen LogP contribution in [0.2, 0.25) is 0 Å². The molecule has 0 aliphatic heterocycles. The molecule has 1 aliphatic rings. The van der Waals surface area contributed by atoms with Crippen molar-refractivity contribution in [3.8, 4) is 11.3 Å². The maximum absolute atomic E-state index is 13.6. The van der Waals surface area contributed by atoms with Gasteiger partial charge in [-0.2, -0.15) is 5.10 Å². The Morgan fingerprint density at radius 1 is 1.26 bits per heavy atom. The number of nitrogens with zero attached hydrogens (tertiary/aromatic N) is 2. The lowest BCUT2D eigenvalue weighted by atomic mass is 10.1. The minimum atomic E-state index is -0.372. The molecule has 0 atom stereocenters. The molecule has 23 heavy (non-hydrogen) atoms. The number of methoxy groups -OCH3 is 1. The van der Waals surface area contributed by atoms with E-state index in [-0.39, 0.29) is 11.8 Å². The molecule has 3 aromatic rings. The van der Waals surface area contributed by atoms with Crippen molar-refractivity contribution in [1.29, 1.82) is 0 Å². The number of fused-ring (bicyclic) bond motifs is 1. The van der Waals surface area contributed by atoms with Gasteiger partial charge in [-0.1, -0.05) is 12.1 Å². The number of rotatable bonds is 3. The van der Waals surface area contributed by atoms with Gasteiger partial charge in [0.15, 0.2) is 0 Å². The summed E-state index contributed by atoms with van der Waals surface area (Å²) in [4.78, 5) is 11.8. The van der Waals surface area contributed by atoms with Crippen molar-refractivity contribution in [2.45, 2.75) is 18.9 Å². The SMILES string of the molecule is COC(=O)c1ccc2c(-c3cccc(F)c3)nn(C3CC3)c2c1. The van der Waals surface area contributed by atoms with Gasteiger partial charge in [-0.3, -0.25) is 4.68 Å². The van der Waals surface area contributed by atoms with Crippen LogP contribution in [0.15, 0.2) is 42.5 Å². The number of hydrogen-bond donors (Lipinski definition) is 0. The predicted molar refractivity (Wildman–Crippen MR) is 84.7 cm³/mol. The zero-order chi connectivity index (χ0) is 16.0. The lowest BCUT2D eigenvalue weighted by molar-refractivity contribution is 0.0601. The Labute approximate surface area is 132 Å². The average molecular weight is 310 g/mol. The summed E-state index contributed by atoms with van der Waals surface area (Å²) in [5.41, 5.74) is 2.85. The molecule has 4 nitrogen and oxygen atoms in total. The van der Waals surface area contributed by atoms with Gasteiger partial charge in [0.25, 0.3) is 0 Å². The molecule has 116 valence electrons. The zero-order valence-corrected chi connectivity index (χ0v) is 12.6. The molecule has 1 heterocycles. The lowest BCUT2D eigenvalue weighted by Gasteiger charge is -2.02. The first-order valence-electron chi connectivity index (χ1n) is 7.54. The second kappa shape index (κ2) is 5.19. The van der Waals surface area contributed by atoms with Gasteiger partial charge in [0.1, 0.15) is 11.5 Å². The highest BCUT2D eigenvalue weighted by Crippen LogP contribution is 2.39. The van der Waals surface area contributed by atoms with Crippen LogP contribution in [-0.4, -0.2) is 22.9 Å². The van der Waals surface area contributed by atoms with E-state index < -0.39 is 0 Å². The molecule has 1 aromatic heterocycles. The fourth-order valence-corrected chi connectivity index (χ4v) is 2.83. The molecule has 1 saturated carbocycles. The predicted octanol–water partition coefficient (Wildman–Crippen LogP) is 3.96. The molecule has 0 N–H and O–H groups in total. The molecular weight excluding hydrogens is 295 g/mol. The largest absolute Gasteiger partial charge is 0.465 e. The van der Waals surface area contributed by atoms with Crippen LogP contribution in [-0.2, 0) is 4.74 Å². The van der Waals surface area contributed by atoms with Gasteiger partial charge in [-0.25, -0.2) is 9.18 Å². The summed E-state index contributed by atoms with van der Waals surface area (Å²) < 4.78 is 20.3. The van der Waals surface area contributed by atoms with Crippen molar-refractivity contribution < 1.29 is 13.9 Å². The molecule has 0 bridgehead atoms. The normalized spacial score (nSPS) is 14.2. The number of benzene rings is 2.